The molecule has 4 nitrogen and oxygen atoms in total. The zero-order valence-corrected chi connectivity index (χ0v) is 14.7. The van der Waals surface area contributed by atoms with Gasteiger partial charge in [0.15, 0.2) is 11.5 Å². The summed E-state index contributed by atoms with van der Waals surface area (Å²) in [5, 5.41) is 3.65. The van der Waals surface area contributed by atoms with E-state index in [1.807, 2.05) is 42.5 Å². The number of halogens is 1. The van der Waals surface area contributed by atoms with E-state index in [2.05, 4.69) is 5.32 Å². The van der Waals surface area contributed by atoms with Crippen LogP contribution in [0.15, 0.2) is 42.5 Å². The molecule has 0 atom stereocenters. The average Bonchev–Trinajstić information content (AvgIpc) is 2.61. The fraction of sp³-hybridized carbons (Fsp3) is 0.278. The molecule has 1 aliphatic rings. The zero-order valence-electron chi connectivity index (χ0n) is 13.1. The van der Waals surface area contributed by atoms with E-state index in [9.17, 15) is 4.79 Å². The third kappa shape index (κ3) is 4.82. The summed E-state index contributed by atoms with van der Waals surface area (Å²) >= 11 is 7.43. The van der Waals surface area contributed by atoms with E-state index < -0.39 is 0 Å². The second-order valence-electron chi connectivity index (χ2n) is 5.37. The van der Waals surface area contributed by atoms with Gasteiger partial charge in [0.05, 0.1) is 5.75 Å². The molecule has 24 heavy (non-hydrogen) atoms. The van der Waals surface area contributed by atoms with Crippen molar-refractivity contribution >= 4 is 29.3 Å². The Labute approximate surface area is 150 Å². The van der Waals surface area contributed by atoms with E-state index >= 15 is 0 Å². The minimum atomic E-state index is 0.0175. The fourth-order valence-electron chi connectivity index (χ4n) is 2.29. The van der Waals surface area contributed by atoms with Gasteiger partial charge in [-0.05, 0) is 35.4 Å². The molecule has 2 aromatic carbocycles. The second-order valence-corrected chi connectivity index (χ2v) is 6.80. The van der Waals surface area contributed by atoms with Crippen LogP contribution in [0.2, 0.25) is 5.02 Å². The van der Waals surface area contributed by atoms with E-state index in [0.29, 0.717) is 25.5 Å². The first kappa shape index (κ1) is 17.0. The first-order valence-electron chi connectivity index (χ1n) is 7.68. The molecule has 3 rings (SSSR count). The maximum Gasteiger partial charge on any atom is 0.230 e. The molecule has 0 radical (unpaired) electrons. The highest BCUT2D eigenvalue weighted by Gasteiger charge is 2.12. The SMILES string of the molecule is O=C(CSCc1ccc(Cl)cc1)NCc1ccc2c(c1)OCCO2. The molecule has 0 aliphatic carbocycles. The fourth-order valence-corrected chi connectivity index (χ4v) is 3.24. The number of hydrogen-bond acceptors (Lipinski definition) is 4. The van der Waals surface area contributed by atoms with Crippen molar-refractivity contribution in [3.63, 3.8) is 0 Å². The van der Waals surface area contributed by atoms with Gasteiger partial charge in [-0.15, -0.1) is 11.8 Å². The number of ether oxygens (including phenoxy) is 2. The molecule has 6 heteroatoms. The molecule has 1 heterocycles. The third-order valence-electron chi connectivity index (χ3n) is 3.51. The highest BCUT2D eigenvalue weighted by atomic mass is 35.5. The molecule has 126 valence electrons. The molecule has 0 fully saturated rings. The van der Waals surface area contributed by atoms with E-state index in [-0.39, 0.29) is 5.91 Å². The Morgan fingerprint density at radius 1 is 1.04 bits per heavy atom. The van der Waals surface area contributed by atoms with E-state index in [0.717, 1.165) is 33.4 Å². The van der Waals surface area contributed by atoms with Crippen LogP contribution >= 0.6 is 23.4 Å². The smallest absolute Gasteiger partial charge is 0.230 e. The Bertz CT molecular complexity index is 706. The van der Waals surface area contributed by atoms with Crippen LogP contribution in [0, 0.1) is 0 Å². The van der Waals surface area contributed by atoms with Crippen LogP contribution in [0.3, 0.4) is 0 Å². The van der Waals surface area contributed by atoms with Crippen molar-refractivity contribution in [3.05, 3.63) is 58.6 Å². The van der Waals surface area contributed by atoms with Crippen LogP contribution in [0.1, 0.15) is 11.1 Å². The summed E-state index contributed by atoms with van der Waals surface area (Å²) < 4.78 is 11.0. The Morgan fingerprint density at radius 2 is 1.75 bits per heavy atom. The summed E-state index contributed by atoms with van der Waals surface area (Å²) in [6.45, 7) is 1.62. The van der Waals surface area contributed by atoms with Crippen LogP contribution in [-0.2, 0) is 17.1 Å². The van der Waals surface area contributed by atoms with E-state index in [1.165, 1.54) is 0 Å². The Hall–Kier alpha value is -1.85. The number of fused-ring (bicyclic) bond motifs is 1. The second kappa shape index (κ2) is 8.31. The molecular weight excluding hydrogens is 346 g/mol. The zero-order chi connectivity index (χ0) is 16.8. The van der Waals surface area contributed by atoms with Crippen molar-refractivity contribution in [2.75, 3.05) is 19.0 Å². The highest BCUT2D eigenvalue weighted by Crippen LogP contribution is 2.30. The number of hydrogen-bond donors (Lipinski definition) is 1. The van der Waals surface area contributed by atoms with Gasteiger partial charge in [0.1, 0.15) is 13.2 Å². The van der Waals surface area contributed by atoms with Crippen molar-refractivity contribution in [1.82, 2.24) is 5.32 Å². The number of carbonyl (C=O) groups excluding carboxylic acids is 1. The lowest BCUT2D eigenvalue weighted by Gasteiger charge is -2.18. The molecular formula is C18H18ClNO3S. The predicted molar refractivity (Wildman–Crippen MR) is 96.9 cm³/mol. The normalized spacial score (nSPS) is 12.7. The summed E-state index contributed by atoms with van der Waals surface area (Å²) in [7, 11) is 0. The van der Waals surface area contributed by atoms with Gasteiger partial charge in [-0.3, -0.25) is 4.79 Å². The van der Waals surface area contributed by atoms with Crippen molar-refractivity contribution in [1.29, 1.82) is 0 Å². The molecule has 0 saturated carbocycles. The molecule has 1 amide bonds. The molecule has 0 spiro atoms. The first-order valence-corrected chi connectivity index (χ1v) is 9.21. The number of amides is 1. The van der Waals surface area contributed by atoms with Crippen molar-refractivity contribution < 1.29 is 14.3 Å². The Kier molecular flexibility index (Phi) is 5.88. The van der Waals surface area contributed by atoms with Gasteiger partial charge in [0.2, 0.25) is 5.91 Å². The van der Waals surface area contributed by atoms with Gasteiger partial charge in [0, 0.05) is 17.3 Å². The number of carbonyl (C=O) groups is 1. The summed E-state index contributed by atoms with van der Waals surface area (Å²) in [6, 6.07) is 13.4. The molecule has 0 saturated heterocycles. The minimum Gasteiger partial charge on any atom is -0.486 e. The maximum absolute atomic E-state index is 11.9. The van der Waals surface area contributed by atoms with Gasteiger partial charge >= 0.3 is 0 Å². The lowest BCUT2D eigenvalue weighted by Crippen LogP contribution is -2.24. The summed E-state index contributed by atoms with van der Waals surface area (Å²) in [5.74, 6) is 2.73. The average molecular weight is 364 g/mol. The van der Waals surface area contributed by atoms with Crippen LogP contribution in [0.4, 0.5) is 0 Å². The monoisotopic (exact) mass is 363 g/mol. The van der Waals surface area contributed by atoms with Gasteiger partial charge in [-0.25, -0.2) is 0 Å². The molecule has 2 aromatic rings. The summed E-state index contributed by atoms with van der Waals surface area (Å²) in [5.41, 5.74) is 2.15. The molecule has 0 aromatic heterocycles. The number of rotatable bonds is 6. The number of benzene rings is 2. The van der Waals surface area contributed by atoms with Gasteiger partial charge in [0.25, 0.3) is 0 Å². The van der Waals surface area contributed by atoms with E-state index in [4.69, 9.17) is 21.1 Å². The van der Waals surface area contributed by atoms with E-state index in [1.54, 1.807) is 11.8 Å². The van der Waals surface area contributed by atoms with Crippen LogP contribution < -0.4 is 14.8 Å². The first-order chi connectivity index (χ1) is 11.7. The summed E-state index contributed by atoms with van der Waals surface area (Å²) in [6.07, 6.45) is 0. The number of thioether (sulfide) groups is 1. The topological polar surface area (TPSA) is 47.6 Å². The van der Waals surface area contributed by atoms with Gasteiger partial charge in [-0.2, -0.15) is 0 Å². The van der Waals surface area contributed by atoms with Crippen LogP contribution in [0.5, 0.6) is 11.5 Å². The maximum atomic E-state index is 11.9. The van der Waals surface area contributed by atoms with Crippen LogP contribution in [0.25, 0.3) is 0 Å². The Balaban J connectivity index is 1.41. The molecule has 0 unspecified atom stereocenters. The van der Waals surface area contributed by atoms with Crippen LogP contribution in [-0.4, -0.2) is 24.9 Å². The molecule has 0 bridgehead atoms. The predicted octanol–water partition coefficient (Wildman–Crippen LogP) is 3.66. The third-order valence-corrected chi connectivity index (χ3v) is 4.77. The molecule has 1 aliphatic heterocycles. The highest BCUT2D eigenvalue weighted by molar-refractivity contribution is 7.99. The van der Waals surface area contributed by atoms with Gasteiger partial charge < -0.3 is 14.8 Å². The lowest BCUT2D eigenvalue weighted by molar-refractivity contribution is -0.118. The Morgan fingerprint density at radius 3 is 2.54 bits per heavy atom. The van der Waals surface area contributed by atoms with Crippen molar-refractivity contribution in [2.45, 2.75) is 12.3 Å². The quantitative estimate of drug-likeness (QED) is 0.850. The minimum absolute atomic E-state index is 0.0175. The van der Waals surface area contributed by atoms with Crippen molar-refractivity contribution in [2.24, 2.45) is 0 Å². The number of nitrogens with one attached hydrogen (secondary N) is 1. The lowest BCUT2D eigenvalue weighted by atomic mass is 10.2. The van der Waals surface area contributed by atoms with Gasteiger partial charge in [-0.1, -0.05) is 29.8 Å². The summed E-state index contributed by atoms with van der Waals surface area (Å²) in [4.78, 5) is 11.9. The van der Waals surface area contributed by atoms with Crippen molar-refractivity contribution in [3.8, 4) is 11.5 Å². The largest absolute Gasteiger partial charge is 0.486 e. The molecule has 1 N–H and O–H groups in total. The standard InChI is InChI=1S/C18H18ClNO3S/c19-15-4-1-13(2-5-15)11-24-12-18(21)20-10-14-3-6-16-17(9-14)23-8-7-22-16/h1-6,9H,7-8,10-12H2,(H,20,21).